The second-order valence-corrected chi connectivity index (χ2v) is 10.7. The summed E-state index contributed by atoms with van der Waals surface area (Å²) in [6, 6.07) is 9.04. The molecule has 0 aliphatic carbocycles. The summed E-state index contributed by atoms with van der Waals surface area (Å²) in [7, 11) is -1.85. The Balaban J connectivity index is 2.55. The van der Waals surface area contributed by atoms with Gasteiger partial charge in [-0.15, -0.1) is 0 Å². The maximum absolute atomic E-state index is 12.7. The molecule has 1 N–H and O–H groups in total. The molecule has 0 saturated carbocycles. The molecule has 0 aliphatic rings. The van der Waals surface area contributed by atoms with E-state index in [2.05, 4.69) is 5.09 Å². The first kappa shape index (κ1) is 19.9. The Kier molecular flexibility index (Phi) is 8.95. The van der Waals surface area contributed by atoms with E-state index in [0.29, 0.717) is 17.6 Å². The van der Waals surface area contributed by atoms with Crippen LogP contribution in [0, 0.1) is 0 Å². The van der Waals surface area contributed by atoms with Gasteiger partial charge >= 0.3 is 7.75 Å². The van der Waals surface area contributed by atoms with Crippen LogP contribution in [0.4, 0.5) is 0 Å². The van der Waals surface area contributed by atoms with Gasteiger partial charge < -0.3 is 4.52 Å². The van der Waals surface area contributed by atoms with Gasteiger partial charge in [0.2, 0.25) is 0 Å². The zero-order chi connectivity index (χ0) is 16.5. The molecule has 0 fully saturated rings. The standard InChI is InChI=1S/C13H23NO5P2S/c1-4-18-21(16,19-5-2)14-11-12-22-20(15,17-3)13-9-7-6-8-10-13/h6-10H,4-5,11-12H2,1-3H3,(H,14,16). The van der Waals surface area contributed by atoms with Crippen molar-refractivity contribution in [1.82, 2.24) is 5.09 Å². The van der Waals surface area contributed by atoms with Crippen LogP contribution in [0.1, 0.15) is 13.8 Å². The van der Waals surface area contributed by atoms with Gasteiger partial charge in [0, 0.05) is 24.7 Å². The van der Waals surface area contributed by atoms with E-state index in [1.54, 1.807) is 26.0 Å². The average molecular weight is 367 g/mol. The van der Waals surface area contributed by atoms with Gasteiger partial charge in [-0.2, -0.15) is 0 Å². The number of rotatable bonds is 11. The predicted octanol–water partition coefficient (Wildman–Crippen LogP) is 3.66. The van der Waals surface area contributed by atoms with Crippen molar-refractivity contribution in [2.75, 3.05) is 32.6 Å². The zero-order valence-corrected chi connectivity index (χ0v) is 15.7. The number of hydrogen-bond donors (Lipinski definition) is 1. The highest BCUT2D eigenvalue weighted by Crippen LogP contribution is 2.57. The Bertz CT molecular complexity index is 518. The number of hydrogen-bond acceptors (Lipinski definition) is 6. The van der Waals surface area contributed by atoms with E-state index in [1.807, 2.05) is 18.2 Å². The zero-order valence-electron chi connectivity index (χ0n) is 13.1. The van der Waals surface area contributed by atoms with Crippen molar-refractivity contribution >= 4 is 31.0 Å². The van der Waals surface area contributed by atoms with Crippen LogP contribution in [0.3, 0.4) is 0 Å². The van der Waals surface area contributed by atoms with Gasteiger partial charge in [-0.05, 0) is 26.0 Å². The van der Waals surface area contributed by atoms with E-state index in [9.17, 15) is 9.13 Å². The highest BCUT2D eigenvalue weighted by atomic mass is 32.7. The van der Waals surface area contributed by atoms with Crippen LogP contribution in [0.5, 0.6) is 0 Å². The van der Waals surface area contributed by atoms with E-state index in [0.717, 1.165) is 0 Å². The third-order valence-electron chi connectivity index (χ3n) is 2.58. The summed E-state index contributed by atoms with van der Waals surface area (Å²) in [4.78, 5) is 0. The van der Waals surface area contributed by atoms with E-state index >= 15 is 0 Å². The first-order valence-corrected chi connectivity index (χ1v) is 11.8. The molecule has 0 amide bonds. The summed E-state index contributed by atoms with van der Waals surface area (Å²) >= 11 is 1.19. The fourth-order valence-electron chi connectivity index (χ4n) is 1.66. The van der Waals surface area contributed by atoms with Crippen molar-refractivity contribution in [2.24, 2.45) is 0 Å². The molecule has 0 spiro atoms. The molecule has 0 saturated heterocycles. The second-order valence-electron chi connectivity index (χ2n) is 4.09. The fraction of sp³-hybridized carbons (Fsp3) is 0.538. The van der Waals surface area contributed by atoms with Crippen molar-refractivity contribution in [2.45, 2.75) is 13.8 Å². The molecule has 0 bridgehead atoms. The Morgan fingerprint density at radius 3 is 2.18 bits per heavy atom. The molecule has 1 aromatic rings. The topological polar surface area (TPSA) is 73.9 Å². The molecule has 9 heteroatoms. The SMILES string of the molecule is CCOP(=O)(NCCSP(=O)(OC)c1ccccc1)OCC. The van der Waals surface area contributed by atoms with Crippen molar-refractivity contribution in [3.63, 3.8) is 0 Å². The largest absolute Gasteiger partial charge is 0.405 e. The highest BCUT2D eigenvalue weighted by molar-refractivity contribution is 8.58. The van der Waals surface area contributed by atoms with Crippen molar-refractivity contribution in [1.29, 1.82) is 0 Å². The molecule has 1 unspecified atom stereocenters. The molecule has 126 valence electrons. The van der Waals surface area contributed by atoms with Gasteiger partial charge in [0.15, 0.2) is 0 Å². The molecule has 22 heavy (non-hydrogen) atoms. The van der Waals surface area contributed by atoms with Crippen LogP contribution >= 0.6 is 25.7 Å². The summed E-state index contributed by atoms with van der Waals surface area (Å²) in [6.45, 7) is 1.45. The van der Waals surface area contributed by atoms with E-state index in [4.69, 9.17) is 13.6 Å². The monoisotopic (exact) mass is 367 g/mol. The van der Waals surface area contributed by atoms with Gasteiger partial charge in [0.1, 0.15) is 0 Å². The van der Waals surface area contributed by atoms with Gasteiger partial charge in [-0.1, -0.05) is 29.6 Å². The normalized spacial score (nSPS) is 14.7. The molecule has 1 rings (SSSR count). The first-order chi connectivity index (χ1) is 10.5. The van der Waals surface area contributed by atoms with Gasteiger partial charge in [0.25, 0.3) is 6.57 Å². The Morgan fingerprint density at radius 2 is 1.68 bits per heavy atom. The van der Waals surface area contributed by atoms with Crippen molar-refractivity contribution in [3.8, 4) is 0 Å². The molecule has 0 radical (unpaired) electrons. The van der Waals surface area contributed by atoms with Crippen LogP contribution in [-0.4, -0.2) is 32.6 Å². The molecular weight excluding hydrogens is 344 g/mol. The van der Waals surface area contributed by atoms with E-state index in [1.165, 1.54) is 18.5 Å². The van der Waals surface area contributed by atoms with Crippen LogP contribution in [0.25, 0.3) is 0 Å². The second kappa shape index (κ2) is 9.89. The van der Waals surface area contributed by atoms with E-state index < -0.39 is 14.3 Å². The minimum absolute atomic E-state index is 0.290. The van der Waals surface area contributed by atoms with E-state index in [-0.39, 0.29) is 13.2 Å². The molecular formula is C13H23NO5P2S. The third kappa shape index (κ3) is 6.17. The van der Waals surface area contributed by atoms with Crippen molar-refractivity contribution in [3.05, 3.63) is 30.3 Å². The average Bonchev–Trinajstić information content (AvgIpc) is 2.53. The van der Waals surface area contributed by atoms with Crippen LogP contribution in [0.2, 0.25) is 0 Å². The maximum atomic E-state index is 12.7. The lowest BCUT2D eigenvalue weighted by molar-refractivity contribution is 0.211. The fourth-order valence-corrected chi connectivity index (χ4v) is 6.69. The lowest BCUT2D eigenvalue weighted by Crippen LogP contribution is -2.18. The lowest BCUT2D eigenvalue weighted by atomic mass is 10.4. The molecule has 1 atom stereocenters. The Morgan fingerprint density at radius 1 is 1.09 bits per heavy atom. The summed E-state index contributed by atoms with van der Waals surface area (Å²) in [5.74, 6) is 0.449. The molecule has 6 nitrogen and oxygen atoms in total. The quantitative estimate of drug-likeness (QED) is 0.473. The first-order valence-electron chi connectivity index (χ1n) is 7.00. The summed E-state index contributed by atoms with van der Waals surface area (Å²) in [5, 5.41) is 3.41. The summed E-state index contributed by atoms with van der Waals surface area (Å²) in [6.07, 6.45) is 0. The Labute approximate surface area is 136 Å². The van der Waals surface area contributed by atoms with Crippen LogP contribution in [0.15, 0.2) is 30.3 Å². The smallest absolute Gasteiger partial charge is 0.321 e. The lowest BCUT2D eigenvalue weighted by Gasteiger charge is -2.19. The number of benzene rings is 1. The van der Waals surface area contributed by atoms with Crippen LogP contribution in [-0.2, 0) is 22.7 Å². The summed E-state index contributed by atoms with van der Waals surface area (Å²) < 4.78 is 40.4. The molecule has 1 aromatic carbocycles. The predicted molar refractivity (Wildman–Crippen MR) is 92.0 cm³/mol. The molecule has 0 aromatic heterocycles. The maximum Gasteiger partial charge on any atom is 0.405 e. The minimum Gasteiger partial charge on any atom is -0.321 e. The van der Waals surface area contributed by atoms with Gasteiger partial charge in [0.05, 0.1) is 13.2 Å². The molecule has 0 aliphatic heterocycles. The Hall–Kier alpha value is -0.130. The van der Waals surface area contributed by atoms with Crippen molar-refractivity contribution < 1.29 is 22.7 Å². The van der Waals surface area contributed by atoms with Crippen LogP contribution < -0.4 is 10.4 Å². The van der Waals surface area contributed by atoms with Gasteiger partial charge in [-0.25, -0.2) is 9.65 Å². The third-order valence-corrected chi connectivity index (χ3v) is 9.17. The number of nitrogens with one attached hydrogen (secondary N) is 1. The summed E-state index contributed by atoms with van der Waals surface area (Å²) in [5.41, 5.74) is 0. The molecule has 0 heterocycles. The van der Waals surface area contributed by atoms with Gasteiger partial charge in [-0.3, -0.25) is 13.6 Å². The highest BCUT2D eigenvalue weighted by Gasteiger charge is 2.26. The minimum atomic E-state index is -3.28.